The zero-order valence-corrected chi connectivity index (χ0v) is 31.0. The first-order chi connectivity index (χ1) is 29.0. The van der Waals surface area contributed by atoms with E-state index in [4.69, 9.17) is 8.83 Å². The summed E-state index contributed by atoms with van der Waals surface area (Å²) in [6.07, 6.45) is -9.71. The van der Waals surface area contributed by atoms with Gasteiger partial charge in [-0.1, -0.05) is 97.1 Å². The molecular formula is C50H26F6N2O2. The molecule has 0 aliphatic rings. The Bertz CT molecular complexity index is 3560. The number of hydrogen-bond donors (Lipinski definition) is 0. The van der Waals surface area contributed by atoms with E-state index < -0.39 is 23.5 Å². The molecule has 0 N–H and O–H groups in total. The molecular weight excluding hydrogens is 775 g/mol. The van der Waals surface area contributed by atoms with Crippen molar-refractivity contribution in [2.24, 2.45) is 0 Å². The molecule has 12 aromatic rings. The van der Waals surface area contributed by atoms with Crippen LogP contribution in [0.5, 0.6) is 0 Å². The molecule has 290 valence electrons. The Morgan fingerprint density at radius 2 is 0.817 bits per heavy atom. The fourth-order valence-corrected chi connectivity index (χ4v) is 9.26. The van der Waals surface area contributed by atoms with E-state index in [0.29, 0.717) is 76.7 Å². The van der Waals surface area contributed by atoms with Gasteiger partial charge in [-0.15, -0.1) is 0 Å². The van der Waals surface area contributed by atoms with Gasteiger partial charge in [-0.2, -0.15) is 26.3 Å². The number of alkyl halides is 6. The molecule has 0 fully saturated rings. The van der Waals surface area contributed by atoms with Crippen LogP contribution in [0, 0.1) is 0 Å². The Hall–Kier alpha value is -7.46. The summed E-state index contributed by atoms with van der Waals surface area (Å²) in [7, 11) is 0. The van der Waals surface area contributed by atoms with Gasteiger partial charge in [-0.05, 0) is 71.8 Å². The Labute approximate surface area is 334 Å². The predicted molar refractivity (Wildman–Crippen MR) is 225 cm³/mol. The summed E-state index contributed by atoms with van der Waals surface area (Å²) < 4.78 is 109. The second-order valence-electron chi connectivity index (χ2n) is 15.0. The highest BCUT2D eigenvalue weighted by molar-refractivity contribution is 6.23. The Balaban J connectivity index is 1.32. The van der Waals surface area contributed by atoms with Crippen molar-refractivity contribution in [3.63, 3.8) is 0 Å². The van der Waals surface area contributed by atoms with Crippen LogP contribution in [-0.2, 0) is 12.4 Å². The topological polar surface area (TPSA) is 36.1 Å². The van der Waals surface area contributed by atoms with Crippen LogP contribution in [0.1, 0.15) is 11.1 Å². The van der Waals surface area contributed by atoms with Crippen molar-refractivity contribution < 1.29 is 35.2 Å². The monoisotopic (exact) mass is 800 g/mol. The van der Waals surface area contributed by atoms with E-state index in [1.165, 1.54) is 24.3 Å². The van der Waals surface area contributed by atoms with Gasteiger partial charge >= 0.3 is 12.4 Å². The first-order valence-corrected chi connectivity index (χ1v) is 19.1. The molecule has 0 aliphatic heterocycles. The molecule has 4 nitrogen and oxygen atoms in total. The van der Waals surface area contributed by atoms with E-state index in [9.17, 15) is 13.2 Å². The summed E-state index contributed by atoms with van der Waals surface area (Å²) in [5, 5.41) is 5.65. The third-order valence-corrected chi connectivity index (χ3v) is 11.7. The number of benzene rings is 8. The molecule has 0 amide bonds. The molecule has 10 heteroatoms. The molecule has 0 radical (unpaired) electrons. The first-order valence-electron chi connectivity index (χ1n) is 19.1. The molecule has 60 heavy (non-hydrogen) atoms. The highest BCUT2D eigenvalue weighted by Crippen LogP contribution is 2.49. The summed E-state index contributed by atoms with van der Waals surface area (Å²) in [6.45, 7) is 0. The van der Waals surface area contributed by atoms with Crippen LogP contribution >= 0.6 is 0 Å². The molecule has 0 unspecified atom stereocenters. The van der Waals surface area contributed by atoms with E-state index >= 15 is 13.2 Å². The SMILES string of the molecule is FC(F)(F)c1cccc(-c2cc(-n3c4ccccc4c4ccc5c6ccccc6oc5c43)c(C(F)(F)F)c(-n3c4ccccc4c4ccc5c6ccccc6oc5c43)c2)c1. The van der Waals surface area contributed by atoms with E-state index in [2.05, 4.69) is 0 Å². The third kappa shape index (κ3) is 4.81. The second kappa shape index (κ2) is 12.0. The van der Waals surface area contributed by atoms with Gasteiger partial charge < -0.3 is 18.0 Å². The van der Waals surface area contributed by atoms with Crippen LogP contribution < -0.4 is 0 Å². The van der Waals surface area contributed by atoms with Crippen LogP contribution in [0.3, 0.4) is 0 Å². The zero-order chi connectivity index (χ0) is 40.7. The van der Waals surface area contributed by atoms with Crippen molar-refractivity contribution >= 4 is 87.5 Å². The molecule has 0 bridgehead atoms. The van der Waals surface area contributed by atoms with E-state index in [0.717, 1.165) is 22.9 Å². The van der Waals surface area contributed by atoms with Crippen LogP contribution in [-0.4, -0.2) is 9.13 Å². The molecule has 0 spiro atoms. The average molecular weight is 801 g/mol. The van der Waals surface area contributed by atoms with Crippen molar-refractivity contribution in [2.75, 3.05) is 0 Å². The average Bonchev–Trinajstić information content (AvgIpc) is 4.00. The molecule has 0 saturated carbocycles. The molecule has 12 rings (SSSR count). The minimum Gasteiger partial charge on any atom is -0.454 e. The van der Waals surface area contributed by atoms with Crippen LogP contribution in [0.25, 0.3) is 110 Å². The van der Waals surface area contributed by atoms with Gasteiger partial charge in [-0.25, -0.2) is 0 Å². The predicted octanol–water partition coefficient (Wildman–Crippen LogP) is 15.4. The fourth-order valence-electron chi connectivity index (χ4n) is 9.26. The quantitative estimate of drug-likeness (QED) is 0.167. The number of aromatic nitrogens is 2. The Kier molecular flexibility index (Phi) is 6.94. The van der Waals surface area contributed by atoms with Gasteiger partial charge in [0.1, 0.15) is 16.7 Å². The lowest BCUT2D eigenvalue weighted by Gasteiger charge is -2.23. The molecule has 0 saturated heterocycles. The minimum absolute atomic E-state index is 0.0883. The summed E-state index contributed by atoms with van der Waals surface area (Å²) in [4.78, 5) is 0. The highest BCUT2D eigenvalue weighted by atomic mass is 19.4. The lowest BCUT2D eigenvalue weighted by atomic mass is 9.97. The van der Waals surface area contributed by atoms with E-state index in [-0.39, 0.29) is 22.5 Å². The summed E-state index contributed by atoms with van der Waals surface area (Å²) in [5.74, 6) is 0. The van der Waals surface area contributed by atoms with Crippen molar-refractivity contribution in [1.82, 2.24) is 9.13 Å². The number of nitrogens with zero attached hydrogens (tertiary/aromatic N) is 2. The van der Waals surface area contributed by atoms with Gasteiger partial charge in [-0.3, -0.25) is 0 Å². The minimum atomic E-state index is -5.00. The largest absolute Gasteiger partial charge is 0.454 e. The molecule has 4 aromatic heterocycles. The smallest absolute Gasteiger partial charge is 0.420 e. The van der Waals surface area contributed by atoms with Gasteiger partial charge in [0.25, 0.3) is 0 Å². The lowest BCUT2D eigenvalue weighted by molar-refractivity contribution is -0.138. The summed E-state index contributed by atoms with van der Waals surface area (Å²) in [5.41, 5.74) is 1.33. The van der Waals surface area contributed by atoms with Crippen LogP contribution in [0.15, 0.2) is 167 Å². The van der Waals surface area contributed by atoms with Gasteiger partial charge in [0, 0.05) is 43.1 Å². The van der Waals surface area contributed by atoms with Crippen molar-refractivity contribution in [3.05, 3.63) is 169 Å². The summed E-state index contributed by atoms with van der Waals surface area (Å²) in [6, 6.07) is 44.1. The maximum Gasteiger partial charge on any atom is 0.420 e. The van der Waals surface area contributed by atoms with Crippen molar-refractivity contribution in [2.45, 2.75) is 12.4 Å². The third-order valence-electron chi connectivity index (χ3n) is 11.7. The number of fused-ring (bicyclic) bond motifs is 14. The number of hydrogen-bond acceptors (Lipinski definition) is 2. The number of halogens is 6. The number of furan rings is 2. The fraction of sp³-hybridized carbons (Fsp3) is 0.0400. The first kappa shape index (κ1) is 34.6. The van der Waals surface area contributed by atoms with Crippen molar-refractivity contribution in [1.29, 1.82) is 0 Å². The van der Waals surface area contributed by atoms with Crippen LogP contribution in [0.2, 0.25) is 0 Å². The highest BCUT2D eigenvalue weighted by Gasteiger charge is 2.40. The van der Waals surface area contributed by atoms with Gasteiger partial charge in [0.15, 0.2) is 11.2 Å². The van der Waals surface area contributed by atoms with Gasteiger partial charge in [0.05, 0.1) is 39.0 Å². The molecule has 8 aromatic carbocycles. The van der Waals surface area contributed by atoms with Gasteiger partial charge in [0.2, 0.25) is 0 Å². The zero-order valence-electron chi connectivity index (χ0n) is 31.0. The van der Waals surface area contributed by atoms with Crippen molar-refractivity contribution in [3.8, 4) is 22.5 Å². The van der Waals surface area contributed by atoms with E-state index in [1.54, 1.807) is 33.4 Å². The molecule has 4 heterocycles. The number of para-hydroxylation sites is 4. The Morgan fingerprint density at radius 3 is 1.30 bits per heavy atom. The molecule has 0 aliphatic carbocycles. The molecule has 0 atom stereocenters. The Morgan fingerprint density at radius 1 is 0.367 bits per heavy atom. The number of rotatable bonds is 3. The summed E-state index contributed by atoms with van der Waals surface area (Å²) >= 11 is 0. The second-order valence-corrected chi connectivity index (χ2v) is 15.0. The van der Waals surface area contributed by atoms with Crippen LogP contribution in [0.4, 0.5) is 26.3 Å². The maximum atomic E-state index is 16.6. The normalized spacial score (nSPS) is 12.8. The maximum absolute atomic E-state index is 16.6. The standard InChI is InChI=1S/C50H26F6N2O2/c51-49(52,53)29-11-9-10-27(24-29)28-25-40(57-38-16-5-1-12-30(38)34-20-22-36-32-14-3-7-18-42(32)59-47(36)45(34)57)44(50(54,55)56)41(26-28)58-39-17-6-2-13-31(39)35-21-23-37-33-15-4-8-19-43(33)60-48(37)46(35)58/h1-26H. The van der Waals surface area contributed by atoms with E-state index in [1.807, 2.05) is 97.1 Å². The lowest BCUT2D eigenvalue weighted by Crippen LogP contribution is -2.16.